The van der Waals surface area contributed by atoms with Crippen molar-refractivity contribution >= 4 is 34.5 Å². The minimum atomic E-state index is 0.123. The average Bonchev–Trinajstić information content (AvgIpc) is 2.59. The molecule has 0 unspecified atom stereocenters. The molecule has 1 aromatic heterocycles. The second-order valence-electron chi connectivity index (χ2n) is 3.17. The lowest BCUT2D eigenvalue weighted by molar-refractivity contribution is -0.109. The number of carbonyl (C=O) groups is 2. The first-order valence-electron chi connectivity index (χ1n) is 4.81. The smallest absolute Gasteiger partial charge is 0.185 e. The second kappa shape index (κ2) is 6.51. The maximum absolute atomic E-state index is 10.7. The van der Waals surface area contributed by atoms with Crippen LogP contribution in [0.15, 0.2) is 6.07 Å². The van der Waals surface area contributed by atoms with Gasteiger partial charge in [0.15, 0.2) is 11.4 Å². The maximum atomic E-state index is 10.7. The van der Waals surface area contributed by atoms with Gasteiger partial charge in [-0.2, -0.15) is 0 Å². The molecule has 0 atom stereocenters. The van der Waals surface area contributed by atoms with Crippen LogP contribution in [0.4, 0.5) is 0 Å². The highest BCUT2D eigenvalue weighted by Gasteiger charge is 2.01. The van der Waals surface area contributed by atoms with E-state index in [9.17, 15) is 9.59 Å². The number of hydrogen-bond acceptors (Lipinski definition) is 4. The summed E-state index contributed by atoms with van der Waals surface area (Å²) in [7, 11) is 0. The van der Waals surface area contributed by atoms with Gasteiger partial charge in [0.25, 0.3) is 0 Å². The van der Waals surface area contributed by atoms with Crippen molar-refractivity contribution in [3.05, 3.63) is 21.4 Å². The first-order chi connectivity index (χ1) is 7.63. The molecule has 0 fully saturated rings. The lowest BCUT2D eigenvalue weighted by Crippen LogP contribution is -1.83. The molecule has 0 saturated carbocycles. The van der Waals surface area contributed by atoms with Gasteiger partial charge in [-0.3, -0.25) is 9.59 Å². The fraction of sp³-hybridized carbons (Fsp3) is 0.333. The zero-order valence-corrected chi connectivity index (χ0v) is 10.8. The van der Waals surface area contributed by atoms with E-state index in [1.807, 2.05) is 13.0 Å². The van der Waals surface area contributed by atoms with Crippen LogP contribution >= 0.6 is 23.1 Å². The highest BCUT2D eigenvalue weighted by Crippen LogP contribution is 2.19. The van der Waals surface area contributed by atoms with Crippen LogP contribution in [0.5, 0.6) is 0 Å². The Bertz CT molecular complexity index is 449. The predicted molar refractivity (Wildman–Crippen MR) is 69.1 cm³/mol. The largest absolute Gasteiger partial charge is 0.297 e. The minimum Gasteiger partial charge on any atom is -0.297 e. The third-order valence-corrected chi connectivity index (χ3v) is 3.68. The number of aldehydes is 1. The molecule has 1 rings (SSSR count). The Morgan fingerprint density at radius 3 is 2.94 bits per heavy atom. The number of aryl methyl sites for hydroxylation is 1. The van der Waals surface area contributed by atoms with Gasteiger partial charge in [-0.15, -0.1) is 11.3 Å². The van der Waals surface area contributed by atoms with Crippen LogP contribution in [0.2, 0.25) is 0 Å². The third kappa shape index (κ3) is 4.21. The van der Waals surface area contributed by atoms with E-state index in [1.165, 1.54) is 23.1 Å². The highest BCUT2D eigenvalue weighted by atomic mass is 32.2. The van der Waals surface area contributed by atoms with E-state index in [4.69, 9.17) is 0 Å². The molecule has 0 amide bonds. The van der Waals surface area contributed by atoms with Crippen molar-refractivity contribution in [2.75, 3.05) is 5.75 Å². The van der Waals surface area contributed by atoms with Gasteiger partial charge in [0, 0.05) is 19.1 Å². The first-order valence-corrected chi connectivity index (χ1v) is 6.61. The van der Waals surface area contributed by atoms with Crippen LogP contribution in [0, 0.1) is 18.8 Å². The monoisotopic (exact) mass is 252 g/mol. The summed E-state index contributed by atoms with van der Waals surface area (Å²) in [5.74, 6) is 6.76. The molecule has 0 aliphatic heterocycles. The zero-order chi connectivity index (χ0) is 12.0. The van der Waals surface area contributed by atoms with E-state index in [-0.39, 0.29) is 5.12 Å². The zero-order valence-electron chi connectivity index (χ0n) is 9.20. The SMILES string of the molecule is CC(=O)SCCC#Cc1sc(C=O)cc1C. The van der Waals surface area contributed by atoms with Crippen molar-refractivity contribution in [1.82, 2.24) is 0 Å². The van der Waals surface area contributed by atoms with E-state index in [0.29, 0.717) is 11.3 Å². The van der Waals surface area contributed by atoms with Crippen LogP contribution in [0.3, 0.4) is 0 Å². The lowest BCUT2D eigenvalue weighted by Gasteiger charge is -1.88. The molecule has 84 valence electrons. The number of thiophene rings is 1. The Balaban J connectivity index is 2.52. The van der Waals surface area contributed by atoms with E-state index in [2.05, 4.69) is 11.8 Å². The Morgan fingerprint density at radius 2 is 2.38 bits per heavy atom. The topological polar surface area (TPSA) is 34.1 Å². The lowest BCUT2D eigenvalue weighted by atomic mass is 10.2. The summed E-state index contributed by atoms with van der Waals surface area (Å²) < 4.78 is 0. The van der Waals surface area contributed by atoms with Crippen molar-refractivity contribution in [3.63, 3.8) is 0 Å². The van der Waals surface area contributed by atoms with Gasteiger partial charge < -0.3 is 0 Å². The van der Waals surface area contributed by atoms with Gasteiger partial charge in [0.05, 0.1) is 9.75 Å². The number of carbonyl (C=O) groups excluding carboxylic acids is 2. The number of hydrogen-bond donors (Lipinski definition) is 0. The Morgan fingerprint density at radius 1 is 1.62 bits per heavy atom. The van der Waals surface area contributed by atoms with Gasteiger partial charge >= 0.3 is 0 Å². The van der Waals surface area contributed by atoms with Crippen molar-refractivity contribution in [1.29, 1.82) is 0 Å². The van der Waals surface area contributed by atoms with E-state index in [0.717, 1.165) is 22.5 Å². The van der Waals surface area contributed by atoms with Gasteiger partial charge in [-0.1, -0.05) is 23.6 Å². The fourth-order valence-corrected chi connectivity index (χ4v) is 2.43. The molecule has 0 aliphatic carbocycles. The molecule has 1 heterocycles. The molecule has 1 aromatic rings. The normalized spacial score (nSPS) is 9.38. The molecular formula is C12H12O2S2. The van der Waals surface area contributed by atoms with Crippen LogP contribution < -0.4 is 0 Å². The number of rotatable bonds is 3. The summed E-state index contributed by atoms with van der Waals surface area (Å²) in [5.41, 5.74) is 1.04. The first kappa shape index (κ1) is 13.0. The van der Waals surface area contributed by atoms with Crippen molar-refractivity contribution in [2.24, 2.45) is 0 Å². The summed E-state index contributed by atoms with van der Waals surface area (Å²) in [6.07, 6.45) is 1.53. The minimum absolute atomic E-state index is 0.123. The Kier molecular flexibility index (Phi) is 5.30. The summed E-state index contributed by atoms with van der Waals surface area (Å²) >= 11 is 2.69. The van der Waals surface area contributed by atoms with Gasteiger partial charge in [0.1, 0.15) is 0 Å². The maximum Gasteiger partial charge on any atom is 0.185 e. The Hall–Kier alpha value is -1.05. The third-order valence-electron chi connectivity index (χ3n) is 1.79. The quantitative estimate of drug-likeness (QED) is 0.471. The van der Waals surface area contributed by atoms with Gasteiger partial charge in [0.2, 0.25) is 0 Å². The van der Waals surface area contributed by atoms with Crippen LogP contribution in [0.25, 0.3) is 0 Å². The van der Waals surface area contributed by atoms with Crippen molar-refractivity contribution < 1.29 is 9.59 Å². The Labute approximate surface area is 103 Å². The molecule has 0 aliphatic rings. The predicted octanol–water partition coefficient (Wildman–Crippen LogP) is 2.89. The molecule has 0 aromatic carbocycles. The van der Waals surface area contributed by atoms with Gasteiger partial charge in [-0.25, -0.2) is 0 Å². The molecule has 0 N–H and O–H groups in total. The average molecular weight is 252 g/mol. The summed E-state index contributed by atoms with van der Waals surface area (Å²) in [5, 5.41) is 0.123. The molecule has 0 spiro atoms. The van der Waals surface area contributed by atoms with E-state index >= 15 is 0 Å². The second-order valence-corrected chi connectivity index (χ2v) is 5.53. The van der Waals surface area contributed by atoms with Crippen LogP contribution in [0.1, 0.15) is 33.5 Å². The molecular weight excluding hydrogens is 240 g/mol. The number of thioether (sulfide) groups is 1. The van der Waals surface area contributed by atoms with Crippen LogP contribution in [-0.2, 0) is 4.79 Å². The summed E-state index contributed by atoms with van der Waals surface area (Å²) in [6, 6.07) is 1.84. The van der Waals surface area contributed by atoms with Gasteiger partial charge in [-0.05, 0) is 18.6 Å². The summed E-state index contributed by atoms with van der Waals surface area (Å²) in [6.45, 7) is 3.50. The standard InChI is InChI=1S/C12H12O2S2/c1-9-7-11(8-13)16-12(9)5-3-4-6-15-10(2)14/h7-8H,4,6H2,1-2H3. The molecule has 2 nitrogen and oxygen atoms in total. The van der Waals surface area contributed by atoms with E-state index < -0.39 is 0 Å². The molecule has 0 saturated heterocycles. The highest BCUT2D eigenvalue weighted by molar-refractivity contribution is 8.13. The van der Waals surface area contributed by atoms with E-state index in [1.54, 1.807) is 6.92 Å². The summed E-state index contributed by atoms with van der Waals surface area (Å²) in [4.78, 5) is 22.8. The molecule has 0 radical (unpaired) electrons. The molecule has 16 heavy (non-hydrogen) atoms. The molecule has 0 bridgehead atoms. The van der Waals surface area contributed by atoms with Crippen LogP contribution in [-0.4, -0.2) is 17.2 Å². The van der Waals surface area contributed by atoms with Crippen molar-refractivity contribution in [2.45, 2.75) is 20.3 Å². The molecule has 4 heteroatoms. The fourth-order valence-electron chi connectivity index (χ4n) is 1.08. The van der Waals surface area contributed by atoms with Crippen molar-refractivity contribution in [3.8, 4) is 11.8 Å².